The van der Waals surface area contributed by atoms with Crippen LogP contribution in [0, 0.1) is 5.92 Å². The minimum Gasteiger partial charge on any atom is -0.497 e. The molecule has 0 unspecified atom stereocenters. The van der Waals surface area contributed by atoms with Gasteiger partial charge >= 0.3 is 12.1 Å². The molecule has 104 valence electrons. The number of methoxy groups -OCH3 is 1. The fourth-order valence-corrected chi connectivity index (χ4v) is 2.03. The molecule has 19 heavy (non-hydrogen) atoms. The molecule has 1 aliphatic heterocycles. The van der Waals surface area contributed by atoms with Gasteiger partial charge in [0, 0.05) is 0 Å². The molecule has 0 aromatic heterocycles. The second kappa shape index (κ2) is 4.64. The lowest BCUT2D eigenvalue weighted by atomic mass is 9.90. The predicted molar refractivity (Wildman–Crippen MR) is 58.3 cm³/mol. The first-order chi connectivity index (χ1) is 8.82. The van der Waals surface area contributed by atoms with Gasteiger partial charge in [-0.25, -0.2) is 0 Å². The molecular formula is C12H11F3O4. The Bertz CT molecular complexity index is 498. The lowest BCUT2D eigenvalue weighted by molar-refractivity contribution is -0.217. The van der Waals surface area contributed by atoms with Crippen LogP contribution < -0.4 is 9.47 Å². The highest BCUT2D eigenvalue weighted by atomic mass is 19.4. The summed E-state index contributed by atoms with van der Waals surface area (Å²) in [6, 6.07) is 4.30. The molecule has 0 saturated heterocycles. The topological polar surface area (TPSA) is 55.8 Å². The van der Waals surface area contributed by atoms with Gasteiger partial charge in [0.1, 0.15) is 17.4 Å². The van der Waals surface area contributed by atoms with Crippen LogP contribution in [0.25, 0.3) is 0 Å². The number of rotatable bonds is 2. The number of aliphatic carboxylic acids is 1. The second-order valence-corrected chi connectivity index (χ2v) is 4.20. The van der Waals surface area contributed by atoms with E-state index in [1.807, 2.05) is 0 Å². The van der Waals surface area contributed by atoms with E-state index < -0.39 is 24.2 Å². The maximum atomic E-state index is 12.8. The minimum atomic E-state index is -4.72. The maximum absolute atomic E-state index is 12.8. The Hall–Kier alpha value is -1.92. The Kier molecular flexibility index (Phi) is 3.30. The minimum absolute atomic E-state index is 0.0422. The van der Waals surface area contributed by atoms with Crippen LogP contribution >= 0.6 is 0 Å². The van der Waals surface area contributed by atoms with Gasteiger partial charge in [0.15, 0.2) is 0 Å². The van der Waals surface area contributed by atoms with Gasteiger partial charge in [0.25, 0.3) is 0 Å². The summed E-state index contributed by atoms with van der Waals surface area (Å²) in [5.41, 5.74) is 0.396. The first-order valence-electron chi connectivity index (χ1n) is 5.46. The molecule has 1 aromatic rings. The van der Waals surface area contributed by atoms with Crippen molar-refractivity contribution in [1.29, 1.82) is 0 Å². The van der Waals surface area contributed by atoms with Crippen LogP contribution in [0.4, 0.5) is 13.2 Å². The van der Waals surface area contributed by atoms with Crippen LogP contribution in [0.5, 0.6) is 11.5 Å². The van der Waals surface area contributed by atoms with Gasteiger partial charge in [-0.2, -0.15) is 13.2 Å². The highest BCUT2D eigenvalue weighted by Crippen LogP contribution is 2.39. The summed E-state index contributed by atoms with van der Waals surface area (Å²) in [4.78, 5) is 11.0. The molecular weight excluding hydrogens is 265 g/mol. The average Bonchev–Trinajstić information content (AvgIpc) is 2.35. The number of fused-ring (bicyclic) bond motifs is 1. The molecule has 2 atom stereocenters. The van der Waals surface area contributed by atoms with Crippen molar-refractivity contribution in [1.82, 2.24) is 0 Å². The van der Waals surface area contributed by atoms with Gasteiger partial charge in [-0.3, -0.25) is 4.79 Å². The van der Waals surface area contributed by atoms with E-state index in [2.05, 4.69) is 0 Å². The van der Waals surface area contributed by atoms with Gasteiger partial charge in [-0.05, 0) is 30.2 Å². The highest BCUT2D eigenvalue weighted by Gasteiger charge is 2.52. The number of ether oxygens (including phenoxy) is 2. The van der Waals surface area contributed by atoms with Crippen LogP contribution in [0.3, 0.4) is 0 Å². The lowest BCUT2D eigenvalue weighted by Crippen LogP contribution is -2.47. The molecule has 0 amide bonds. The van der Waals surface area contributed by atoms with E-state index in [0.29, 0.717) is 11.3 Å². The van der Waals surface area contributed by atoms with Crippen molar-refractivity contribution in [2.45, 2.75) is 18.7 Å². The van der Waals surface area contributed by atoms with E-state index in [9.17, 15) is 18.0 Å². The largest absolute Gasteiger partial charge is 0.497 e. The van der Waals surface area contributed by atoms with E-state index in [1.54, 1.807) is 0 Å². The molecule has 0 fully saturated rings. The van der Waals surface area contributed by atoms with E-state index in [1.165, 1.54) is 25.3 Å². The summed E-state index contributed by atoms with van der Waals surface area (Å²) in [5.74, 6) is -2.70. The van der Waals surface area contributed by atoms with Gasteiger partial charge < -0.3 is 14.6 Å². The Morgan fingerprint density at radius 1 is 1.47 bits per heavy atom. The number of carboxylic acid groups (broad SMARTS) is 1. The van der Waals surface area contributed by atoms with Crippen molar-refractivity contribution < 1.29 is 32.5 Å². The number of halogens is 3. The zero-order chi connectivity index (χ0) is 14.2. The molecule has 1 aromatic carbocycles. The molecule has 1 N–H and O–H groups in total. The Morgan fingerprint density at radius 3 is 2.68 bits per heavy atom. The average molecular weight is 276 g/mol. The molecule has 1 heterocycles. The second-order valence-electron chi connectivity index (χ2n) is 4.20. The lowest BCUT2D eigenvalue weighted by Gasteiger charge is -2.32. The zero-order valence-electron chi connectivity index (χ0n) is 9.90. The molecule has 7 heteroatoms. The number of benzene rings is 1. The summed E-state index contributed by atoms with van der Waals surface area (Å²) >= 11 is 0. The molecule has 0 radical (unpaired) electrons. The van der Waals surface area contributed by atoms with Crippen LogP contribution in [-0.2, 0) is 11.2 Å². The van der Waals surface area contributed by atoms with E-state index >= 15 is 0 Å². The monoisotopic (exact) mass is 276 g/mol. The molecule has 2 rings (SSSR count). The van der Waals surface area contributed by atoms with Gasteiger partial charge in [-0.15, -0.1) is 0 Å². The van der Waals surface area contributed by atoms with Crippen molar-refractivity contribution >= 4 is 5.97 Å². The van der Waals surface area contributed by atoms with Crippen LogP contribution in [0.2, 0.25) is 0 Å². The van der Waals surface area contributed by atoms with Crippen molar-refractivity contribution in [2.75, 3.05) is 7.11 Å². The highest BCUT2D eigenvalue weighted by molar-refractivity contribution is 5.72. The molecule has 0 saturated carbocycles. The van der Waals surface area contributed by atoms with Gasteiger partial charge in [0.05, 0.1) is 7.11 Å². The number of hydrogen-bond acceptors (Lipinski definition) is 3. The smallest absolute Gasteiger partial charge is 0.426 e. The molecule has 1 aliphatic rings. The molecule has 0 bridgehead atoms. The quantitative estimate of drug-likeness (QED) is 0.900. The third kappa shape index (κ3) is 2.59. The fraction of sp³-hybridized carbons (Fsp3) is 0.417. The van der Waals surface area contributed by atoms with Crippen LogP contribution in [-0.4, -0.2) is 30.5 Å². The summed E-state index contributed by atoms with van der Waals surface area (Å²) in [6.07, 6.45) is -7.29. The number of hydrogen-bond donors (Lipinski definition) is 1. The maximum Gasteiger partial charge on any atom is 0.426 e. The molecule has 0 aliphatic carbocycles. The molecule has 4 nitrogen and oxygen atoms in total. The SMILES string of the molecule is COc1ccc2c(c1)C[C@@H](C(=O)O)[C@@H](C(F)(F)F)O2. The summed E-state index contributed by atoms with van der Waals surface area (Å²) in [7, 11) is 1.42. The summed E-state index contributed by atoms with van der Waals surface area (Å²) < 4.78 is 48.1. The fourth-order valence-electron chi connectivity index (χ4n) is 2.03. The van der Waals surface area contributed by atoms with Crippen molar-refractivity contribution in [2.24, 2.45) is 5.92 Å². The van der Waals surface area contributed by atoms with Gasteiger partial charge in [0.2, 0.25) is 6.10 Å². The molecule has 0 spiro atoms. The zero-order valence-corrected chi connectivity index (χ0v) is 9.90. The first-order valence-corrected chi connectivity index (χ1v) is 5.46. The number of carboxylic acids is 1. The first kappa shape index (κ1) is 13.5. The normalized spacial score (nSPS) is 22.3. The number of carbonyl (C=O) groups is 1. The third-order valence-electron chi connectivity index (χ3n) is 2.97. The third-order valence-corrected chi connectivity index (χ3v) is 2.97. The van der Waals surface area contributed by atoms with Crippen LogP contribution in [0.15, 0.2) is 18.2 Å². The van der Waals surface area contributed by atoms with E-state index in [-0.39, 0.29) is 12.2 Å². The Morgan fingerprint density at radius 2 is 2.16 bits per heavy atom. The van der Waals surface area contributed by atoms with E-state index in [4.69, 9.17) is 14.6 Å². The predicted octanol–water partition coefficient (Wildman–Crippen LogP) is 2.26. The van der Waals surface area contributed by atoms with Crippen molar-refractivity contribution in [3.8, 4) is 11.5 Å². The van der Waals surface area contributed by atoms with Crippen molar-refractivity contribution in [3.05, 3.63) is 23.8 Å². The van der Waals surface area contributed by atoms with E-state index in [0.717, 1.165) is 0 Å². The van der Waals surface area contributed by atoms with Gasteiger partial charge in [-0.1, -0.05) is 0 Å². The Labute approximate surface area is 106 Å². The summed E-state index contributed by atoms with van der Waals surface area (Å²) in [6.45, 7) is 0. The number of alkyl halides is 3. The van der Waals surface area contributed by atoms with Crippen LogP contribution in [0.1, 0.15) is 5.56 Å². The summed E-state index contributed by atoms with van der Waals surface area (Å²) in [5, 5.41) is 8.91. The standard InChI is InChI=1S/C12H11F3O4/c1-18-7-2-3-9-6(4-7)5-8(11(16)17)10(19-9)12(13,14)15/h2-4,8,10H,5H2,1H3,(H,16,17)/t8-,10+/m1/s1. The Balaban J connectivity index is 2.39. The van der Waals surface area contributed by atoms with Crippen molar-refractivity contribution in [3.63, 3.8) is 0 Å².